The van der Waals surface area contributed by atoms with Crippen molar-refractivity contribution in [2.45, 2.75) is 42.1 Å². The van der Waals surface area contributed by atoms with E-state index < -0.39 is 67.2 Å². The fourth-order valence-corrected chi connectivity index (χ4v) is 1.73. The van der Waals surface area contributed by atoms with Crippen molar-refractivity contribution >= 4 is 11.9 Å². The molecule has 0 aliphatic carbocycles. The van der Waals surface area contributed by atoms with Crippen LogP contribution in [0.1, 0.15) is 6.42 Å². The average molecular weight is 411 g/mol. The summed E-state index contributed by atoms with van der Waals surface area (Å²) >= 11 is 0. The van der Waals surface area contributed by atoms with Gasteiger partial charge in [0.15, 0.2) is 6.67 Å². The molecule has 0 radical (unpaired) electrons. The van der Waals surface area contributed by atoms with Crippen molar-refractivity contribution in [3.63, 3.8) is 0 Å². The van der Waals surface area contributed by atoms with Gasteiger partial charge in [0.1, 0.15) is 6.04 Å². The lowest BCUT2D eigenvalue weighted by Gasteiger charge is -2.38. The molecule has 4 nitrogen and oxygen atoms in total. The summed E-state index contributed by atoms with van der Waals surface area (Å²) < 4.78 is 147. The molecule has 0 spiro atoms. The summed E-state index contributed by atoms with van der Waals surface area (Å²) in [6.07, 6.45) is -0.529. The van der Waals surface area contributed by atoms with E-state index in [2.05, 4.69) is 4.74 Å². The van der Waals surface area contributed by atoms with Gasteiger partial charge in [-0.15, -0.1) is 0 Å². The SMILES string of the molecule is O=C1OCC[C@@H]1NC(=O)C(F)(F)C(F)(F)C(F)(F)C(F)(F)C(F)(F)CF. The number of esters is 1. The number of amides is 1. The first-order valence-electron chi connectivity index (χ1n) is 6.40. The first kappa shape index (κ1) is 22.2. The van der Waals surface area contributed by atoms with E-state index in [9.17, 15) is 57.9 Å². The second-order valence-corrected chi connectivity index (χ2v) is 5.12. The van der Waals surface area contributed by atoms with E-state index in [1.165, 1.54) is 0 Å². The van der Waals surface area contributed by atoms with Crippen molar-refractivity contribution < 1.29 is 62.6 Å². The highest BCUT2D eigenvalue weighted by Crippen LogP contribution is 2.57. The topological polar surface area (TPSA) is 55.4 Å². The fourth-order valence-electron chi connectivity index (χ4n) is 1.73. The molecule has 0 aromatic heterocycles. The maximum Gasteiger partial charge on any atom is 0.392 e. The summed E-state index contributed by atoms with van der Waals surface area (Å²) in [5, 5.41) is 0.868. The van der Waals surface area contributed by atoms with Crippen LogP contribution in [-0.4, -0.2) is 60.8 Å². The second kappa shape index (κ2) is 6.40. The van der Waals surface area contributed by atoms with Crippen LogP contribution in [0, 0.1) is 0 Å². The number of alkyl halides is 11. The van der Waals surface area contributed by atoms with E-state index in [4.69, 9.17) is 0 Å². The number of ether oxygens (including phenoxy) is 1. The number of hydrogen-bond donors (Lipinski definition) is 1. The van der Waals surface area contributed by atoms with Gasteiger partial charge >= 0.3 is 35.6 Å². The van der Waals surface area contributed by atoms with Crippen molar-refractivity contribution in [3.05, 3.63) is 0 Å². The molecule has 0 unspecified atom stereocenters. The minimum absolute atomic E-state index is 0.456. The summed E-state index contributed by atoms with van der Waals surface area (Å²) in [5.74, 6) is -40.0. The van der Waals surface area contributed by atoms with Gasteiger partial charge in [-0.3, -0.25) is 4.79 Å². The van der Waals surface area contributed by atoms with Crippen LogP contribution in [0.25, 0.3) is 0 Å². The van der Waals surface area contributed by atoms with E-state index in [1.54, 1.807) is 0 Å². The number of cyclic esters (lactones) is 1. The molecule has 1 heterocycles. The molecular formula is C11H8F11NO3. The smallest absolute Gasteiger partial charge is 0.392 e. The Balaban J connectivity index is 3.22. The average Bonchev–Trinajstić information content (AvgIpc) is 2.91. The fraction of sp³-hybridized carbons (Fsp3) is 0.818. The molecule has 0 aromatic carbocycles. The largest absolute Gasteiger partial charge is 0.464 e. The van der Waals surface area contributed by atoms with Gasteiger partial charge in [0.05, 0.1) is 6.61 Å². The highest BCUT2D eigenvalue weighted by molar-refractivity contribution is 5.90. The molecule has 26 heavy (non-hydrogen) atoms. The second-order valence-electron chi connectivity index (χ2n) is 5.12. The zero-order valence-corrected chi connectivity index (χ0v) is 12.1. The summed E-state index contributed by atoms with van der Waals surface area (Å²) in [6, 6.07) is -1.97. The molecule has 1 aliphatic rings. The van der Waals surface area contributed by atoms with E-state index in [-0.39, 0.29) is 0 Å². The Morgan fingerprint density at radius 3 is 1.85 bits per heavy atom. The maximum absolute atomic E-state index is 13.4. The Kier molecular flexibility index (Phi) is 5.47. The molecule has 1 N–H and O–H groups in total. The van der Waals surface area contributed by atoms with Crippen LogP contribution >= 0.6 is 0 Å². The third-order valence-electron chi connectivity index (χ3n) is 3.34. The lowest BCUT2D eigenvalue weighted by atomic mass is 9.94. The molecule has 1 amide bonds. The normalized spacial score (nSPS) is 20.1. The molecular weight excluding hydrogens is 403 g/mol. The van der Waals surface area contributed by atoms with Gasteiger partial charge in [0.25, 0.3) is 5.91 Å². The molecule has 0 bridgehead atoms. The predicted molar refractivity (Wildman–Crippen MR) is 58.2 cm³/mol. The van der Waals surface area contributed by atoms with Crippen molar-refractivity contribution in [2.24, 2.45) is 0 Å². The number of hydrogen-bond acceptors (Lipinski definition) is 3. The zero-order chi connectivity index (χ0) is 20.8. The standard InChI is InChI=1S/C11H8F11NO3/c12-3-7(13,14)9(17,18)11(21,22)10(19,20)8(15,16)6(25)23-4-1-2-26-5(4)24/h4H,1-3H2,(H,23,25)/t4-/m0/s1. The molecule has 1 atom stereocenters. The van der Waals surface area contributed by atoms with Gasteiger partial charge < -0.3 is 10.1 Å². The number of nitrogens with one attached hydrogen (secondary N) is 1. The lowest BCUT2D eigenvalue weighted by molar-refractivity contribution is -0.395. The van der Waals surface area contributed by atoms with Gasteiger partial charge in [-0.25, -0.2) is 9.18 Å². The molecule has 1 rings (SSSR count). The van der Waals surface area contributed by atoms with Crippen LogP contribution in [0.15, 0.2) is 0 Å². The van der Waals surface area contributed by atoms with Crippen LogP contribution in [0.5, 0.6) is 0 Å². The van der Waals surface area contributed by atoms with Crippen LogP contribution in [-0.2, 0) is 14.3 Å². The van der Waals surface area contributed by atoms with Crippen LogP contribution in [0.2, 0.25) is 0 Å². The molecule has 1 aliphatic heterocycles. The number of carbonyl (C=O) groups is 2. The minimum atomic E-state index is -7.55. The van der Waals surface area contributed by atoms with Crippen molar-refractivity contribution in [1.82, 2.24) is 5.32 Å². The van der Waals surface area contributed by atoms with E-state index >= 15 is 0 Å². The monoisotopic (exact) mass is 411 g/mol. The van der Waals surface area contributed by atoms with Crippen molar-refractivity contribution in [3.8, 4) is 0 Å². The van der Waals surface area contributed by atoms with Crippen LogP contribution in [0.3, 0.4) is 0 Å². The van der Waals surface area contributed by atoms with E-state index in [1.807, 2.05) is 0 Å². The van der Waals surface area contributed by atoms with Gasteiger partial charge in [-0.1, -0.05) is 0 Å². The summed E-state index contributed by atoms with van der Waals surface area (Å²) in [4.78, 5) is 22.1. The Hall–Kier alpha value is -1.83. The number of halogens is 11. The van der Waals surface area contributed by atoms with Crippen LogP contribution in [0.4, 0.5) is 48.3 Å². The van der Waals surface area contributed by atoms with Gasteiger partial charge in [-0.2, -0.15) is 43.9 Å². The van der Waals surface area contributed by atoms with Gasteiger partial charge in [-0.05, 0) is 0 Å². The zero-order valence-electron chi connectivity index (χ0n) is 12.1. The van der Waals surface area contributed by atoms with Crippen molar-refractivity contribution in [1.29, 1.82) is 0 Å². The summed E-state index contributed by atoms with van der Waals surface area (Å²) in [5.41, 5.74) is 0. The van der Waals surface area contributed by atoms with E-state index in [0.29, 0.717) is 0 Å². The Morgan fingerprint density at radius 1 is 0.962 bits per heavy atom. The Morgan fingerprint density at radius 2 is 1.46 bits per heavy atom. The first-order chi connectivity index (χ1) is 11.5. The van der Waals surface area contributed by atoms with Crippen molar-refractivity contribution in [2.75, 3.05) is 13.3 Å². The number of rotatable bonds is 7. The molecule has 1 fully saturated rings. The molecule has 15 heteroatoms. The predicted octanol–water partition coefficient (Wildman–Crippen LogP) is 2.56. The number of carbonyl (C=O) groups excluding carboxylic acids is 2. The first-order valence-corrected chi connectivity index (χ1v) is 6.40. The molecule has 0 aromatic rings. The maximum atomic E-state index is 13.4. The quantitative estimate of drug-likeness (QED) is 0.518. The highest BCUT2D eigenvalue weighted by atomic mass is 19.4. The summed E-state index contributed by atoms with van der Waals surface area (Å²) in [7, 11) is 0. The molecule has 152 valence electrons. The molecule has 1 saturated heterocycles. The van der Waals surface area contributed by atoms with Crippen LogP contribution < -0.4 is 5.32 Å². The summed E-state index contributed by atoms with van der Waals surface area (Å²) in [6.45, 7) is -4.03. The minimum Gasteiger partial charge on any atom is -0.464 e. The third kappa shape index (κ3) is 3.04. The van der Waals surface area contributed by atoms with Gasteiger partial charge in [0, 0.05) is 6.42 Å². The lowest BCUT2D eigenvalue weighted by Crippen LogP contribution is -2.70. The Bertz CT molecular complexity index is 578. The highest BCUT2D eigenvalue weighted by Gasteiger charge is 2.87. The third-order valence-corrected chi connectivity index (χ3v) is 3.34. The molecule has 0 saturated carbocycles. The van der Waals surface area contributed by atoms with E-state index in [0.717, 1.165) is 5.32 Å². The van der Waals surface area contributed by atoms with Gasteiger partial charge in [0.2, 0.25) is 0 Å². The Labute approximate surface area is 136 Å².